The summed E-state index contributed by atoms with van der Waals surface area (Å²) < 4.78 is 30.3. The number of ether oxygens (including phenoxy) is 1. The third-order valence-electron chi connectivity index (χ3n) is 4.82. The highest BCUT2D eigenvalue weighted by molar-refractivity contribution is 7.89. The zero-order valence-electron chi connectivity index (χ0n) is 15.0. The molecule has 2 aliphatic rings. The zero-order valence-corrected chi connectivity index (χ0v) is 15.8. The van der Waals surface area contributed by atoms with Crippen LogP contribution in [0.25, 0.3) is 0 Å². The minimum atomic E-state index is -3.90. The van der Waals surface area contributed by atoms with Gasteiger partial charge in [-0.3, -0.25) is 19.9 Å². The summed E-state index contributed by atoms with van der Waals surface area (Å²) in [5.41, 5.74) is 4.82. The molecule has 146 valence electrons. The molecule has 0 bridgehead atoms. The fourth-order valence-corrected chi connectivity index (χ4v) is 4.32. The van der Waals surface area contributed by atoms with E-state index in [9.17, 15) is 18.0 Å². The first-order valence-electron chi connectivity index (χ1n) is 8.89. The SMILES string of the molecule is O=C(CN1C(=O)COc2ccccc21)NNS(=O)(=O)c1ccc2c(c1)CCC2. The summed E-state index contributed by atoms with van der Waals surface area (Å²) in [7, 11) is -3.90. The van der Waals surface area contributed by atoms with E-state index >= 15 is 0 Å². The number of amides is 2. The van der Waals surface area contributed by atoms with E-state index in [2.05, 4.69) is 10.3 Å². The Morgan fingerprint density at radius 3 is 2.75 bits per heavy atom. The number of aryl methyl sites for hydroxylation is 2. The Morgan fingerprint density at radius 2 is 1.89 bits per heavy atom. The Morgan fingerprint density at radius 1 is 1.11 bits per heavy atom. The molecule has 0 spiro atoms. The smallest absolute Gasteiger partial charge is 0.265 e. The van der Waals surface area contributed by atoms with Gasteiger partial charge in [-0.25, -0.2) is 8.42 Å². The van der Waals surface area contributed by atoms with Gasteiger partial charge in [-0.05, 0) is 54.7 Å². The lowest BCUT2D eigenvalue weighted by Gasteiger charge is -2.28. The van der Waals surface area contributed by atoms with Crippen LogP contribution in [0.1, 0.15) is 17.5 Å². The molecule has 1 aliphatic heterocycles. The summed E-state index contributed by atoms with van der Waals surface area (Å²) in [6.45, 7) is -0.503. The van der Waals surface area contributed by atoms with Crippen LogP contribution < -0.4 is 19.9 Å². The van der Waals surface area contributed by atoms with Gasteiger partial charge < -0.3 is 4.74 Å². The number of anilines is 1. The maximum absolute atomic E-state index is 12.5. The highest BCUT2D eigenvalue weighted by Gasteiger charge is 2.27. The van der Waals surface area contributed by atoms with Crippen molar-refractivity contribution < 1.29 is 22.7 Å². The fraction of sp³-hybridized carbons (Fsp3) is 0.263. The topological polar surface area (TPSA) is 105 Å². The summed E-state index contributed by atoms with van der Waals surface area (Å²) in [6, 6.07) is 11.8. The van der Waals surface area contributed by atoms with Crippen molar-refractivity contribution in [3.63, 3.8) is 0 Å². The molecule has 0 fully saturated rings. The number of para-hydroxylation sites is 2. The van der Waals surface area contributed by atoms with E-state index in [0.29, 0.717) is 11.4 Å². The van der Waals surface area contributed by atoms with Crippen LogP contribution in [0.2, 0.25) is 0 Å². The summed E-state index contributed by atoms with van der Waals surface area (Å²) in [4.78, 5) is 27.8. The van der Waals surface area contributed by atoms with Crippen LogP contribution in [-0.2, 0) is 32.5 Å². The Balaban J connectivity index is 1.42. The van der Waals surface area contributed by atoms with Crippen molar-refractivity contribution >= 4 is 27.5 Å². The van der Waals surface area contributed by atoms with Crippen LogP contribution in [-0.4, -0.2) is 33.4 Å². The number of sulfonamides is 1. The summed E-state index contributed by atoms with van der Waals surface area (Å²) >= 11 is 0. The molecule has 2 aromatic carbocycles. The lowest BCUT2D eigenvalue weighted by atomic mass is 10.1. The van der Waals surface area contributed by atoms with Crippen LogP contribution in [0.4, 0.5) is 5.69 Å². The Labute approximate surface area is 162 Å². The van der Waals surface area contributed by atoms with E-state index in [1.165, 1.54) is 11.0 Å². The van der Waals surface area contributed by atoms with Crippen molar-refractivity contribution in [1.29, 1.82) is 0 Å². The van der Waals surface area contributed by atoms with Crippen molar-refractivity contribution in [2.24, 2.45) is 0 Å². The lowest BCUT2D eigenvalue weighted by molar-refractivity contribution is -0.125. The molecule has 2 N–H and O–H groups in total. The quantitative estimate of drug-likeness (QED) is 0.725. The van der Waals surface area contributed by atoms with Crippen molar-refractivity contribution in [2.45, 2.75) is 24.2 Å². The van der Waals surface area contributed by atoms with Gasteiger partial charge in [-0.15, -0.1) is 4.83 Å². The van der Waals surface area contributed by atoms with E-state index in [1.54, 1.807) is 30.3 Å². The summed E-state index contributed by atoms with van der Waals surface area (Å²) in [5.74, 6) is -0.543. The predicted molar refractivity (Wildman–Crippen MR) is 101 cm³/mol. The number of hydrogen-bond donors (Lipinski definition) is 2. The average Bonchev–Trinajstić information content (AvgIpc) is 3.16. The van der Waals surface area contributed by atoms with Gasteiger partial charge in [0.25, 0.3) is 21.8 Å². The van der Waals surface area contributed by atoms with Crippen LogP contribution in [0.5, 0.6) is 5.75 Å². The van der Waals surface area contributed by atoms with E-state index in [1.807, 2.05) is 6.07 Å². The van der Waals surface area contributed by atoms with Gasteiger partial charge in [0.1, 0.15) is 12.3 Å². The van der Waals surface area contributed by atoms with Crippen LogP contribution in [0.15, 0.2) is 47.4 Å². The van der Waals surface area contributed by atoms with Crippen LogP contribution >= 0.6 is 0 Å². The van der Waals surface area contributed by atoms with Gasteiger partial charge >= 0.3 is 0 Å². The number of nitrogens with one attached hydrogen (secondary N) is 2. The van der Waals surface area contributed by atoms with Gasteiger partial charge in [-0.1, -0.05) is 18.2 Å². The Hall–Kier alpha value is -2.91. The third-order valence-corrected chi connectivity index (χ3v) is 6.06. The second-order valence-corrected chi connectivity index (χ2v) is 8.36. The normalized spacial score (nSPS) is 15.6. The van der Waals surface area contributed by atoms with Crippen molar-refractivity contribution in [3.05, 3.63) is 53.6 Å². The highest BCUT2D eigenvalue weighted by Crippen LogP contribution is 2.31. The van der Waals surface area contributed by atoms with E-state index in [0.717, 1.165) is 30.4 Å². The first kappa shape index (κ1) is 18.5. The molecule has 4 rings (SSSR count). The molecule has 0 saturated heterocycles. The molecule has 9 heteroatoms. The molecule has 0 saturated carbocycles. The summed E-state index contributed by atoms with van der Waals surface area (Å²) in [6.07, 6.45) is 2.82. The Bertz CT molecular complexity index is 1050. The minimum Gasteiger partial charge on any atom is -0.482 e. The molecule has 0 unspecified atom stereocenters. The number of nitrogens with zero attached hydrogens (tertiary/aromatic N) is 1. The van der Waals surface area contributed by atoms with Crippen molar-refractivity contribution in [2.75, 3.05) is 18.1 Å². The zero-order chi connectivity index (χ0) is 19.7. The molecule has 0 atom stereocenters. The molecule has 0 radical (unpaired) electrons. The van der Waals surface area contributed by atoms with Gasteiger partial charge in [0.15, 0.2) is 6.61 Å². The van der Waals surface area contributed by atoms with E-state index < -0.39 is 15.9 Å². The molecule has 8 nitrogen and oxygen atoms in total. The molecule has 2 amide bonds. The molecular weight excluding hydrogens is 382 g/mol. The Kier molecular flexibility index (Phi) is 4.78. The first-order chi connectivity index (χ1) is 13.4. The maximum Gasteiger partial charge on any atom is 0.265 e. The molecule has 28 heavy (non-hydrogen) atoms. The number of fused-ring (bicyclic) bond motifs is 2. The minimum absolute atomic E-state index is 0.0984. The van der Waals surface area contributed by atoms with Gasteiger partial charge in [0.2, 0.25) is 0 Å². The number of benzene rings is 2. The second-order valence-electron chi connectivity index (χ2n) is 6.67. The predicted octanol–water partition coefficient (Wildman–Crippen LogP) is 0.910. The van der Waals surface area contributed by atoms with E-state index in [4.69, 9.17) is 4.74 Å². The number of hydrazine groups is 1. The number of carbonyl (C=O) groups excluding carboxylic acids is 2. The largest absolute Gasteiger partial charge is 0.482 e. The molecule has 2 aromatic rings. The average molecular weight is 401 g/mol. The molecule has 0 aromatic heterocycles. The maximum atomic E-state index is 12.5. The fourth-order valence-electron chi connectivity index (χ4n) is 3.41. The standard InChI is InChI=1S/C19H19N3O5S/c23-18(11-22-16-6-1-2-7-17(16)27-12-19(22)24)20-21-28(25,26)15-9-8-13-4-3-5-14(13)10-15/h1-2,6-10,21H,3-5,11-12H2,(H,20,23). The van der Waals surface area contributed by atoms with Gasteiger partial charge in [-0.2, -0.15) is 0 Å². The number of hydrogen-bond acceptors (Lipinski definition) is 5. The summed E-state index contributed by atoms with van der Waals surface area (Å²) in [5, 5.41) is 0. The number of rotatable bonds is 5. The molecule has 1 heterocycles. The van der Waals surface area contributed by atoms with Crippen molar-refractivity contribution in [1.82, 2.24) is 10.3 Å². The van der Waals surface area contributed by atoms with Crippen LogP contribution in [0, 0.1) is 0 Å². The second kappa shape index (κ2) is 7.25. The van der Waals surface area contributed by atoms with Crippen molar-refractivity contribution in [3.8, 4) is 5.75 Å². The molecule has 1 aliphatic carbocycles. The monoisotopic (exact) mass is 401 g/mol. The molecular formula is C19H19N3O5S. The van der Waals surface area contributed by atoms with Gasteiger partial charge in [0.05, 0.1) is 10.6 Å². The van der Waals surface area contributed by atoms with Crippen LogP contribution in [0.3, 0.4) is 0 Å². The first-order valence-corrected chi connectivity index (χ1v) is 10.4. The lowest BCUT2D eigenvalue weighted by Crippen LogP contribution is -2.49. The van der Waals surface area contributed by atoms with E-state index in [-0.39, 0.29) is 24.0 Å². The highest BCUT2D eigenvalue weighted by atomic mass is 32.2. The number of carbonyl (C=O) groups is 2. The van der Waals surface area contributed by atoms with Gasteiger partial charge in [0, 0.05) is 0 Å². The third kappa shape index (κ3) is 3.58.